The van der Waals surface area contributed by atoms with Gasteiger partial charge in [-0.1, -0.05) is 144 Å². The number of amides is 3. The molecular formula is C61H81N3O9. The van der Waals surface area contributed by atoms with Crippen LogP contribution in [0.4, 0.5) is 26.7 Å². The number of carbonyl (C=O) groups is 2. The number of carbonyl (C=O) groups excluding carboxylic acids is 2. The van der Waals surface area contributed by atoms with Crippen LogP contribution in [0.15, 0.2) is 97.1 Å². The SMILES string of the molecule is CC(C)(C)c1cc(NC(=O)OCc2ccc(NC(=O)Nc3cc4cc(-c5cc(C(C)(C)C)cc(C(C)(C)C)c5)c3COCCOCCOCc3ccc(cc3)COCCOCCOC4)cc2)cc(C(C)(C)C)c1. The minimum Gasteiger partial charge on any atom is -0.444 e. The highest BCUT2D eigenvalue weighted by atomic mass is 16.6. The normalized spacial score (nSPS) is 15.4. The van der Waals surface area contributed by atoms with Crippen LogP contribution >= 0.6 is 0 Å². The highest BCUT2D eigenvalue weighted by Crippen LogP contribution is 2.39. The topological polar surface area (TPSA) is 135 Å². The molecule has 0 atom stereocenters. The average Bonchev–Trinajstić information content (AvgIpc) is 3.32. The molecule has 0 aromatic heterocycles. The van der Waals surface area contributed by atoms with Crippen LogP contribution in [-0.2, 0) is 87.9 Å². The summed E-state index contributed by atoms with van der Waals surface area (Å²) in [7, 11) is 0. The predicted octanol–water partition coefficient (Wildman–Crippen LogP) is 13.7. The van der Waals surface area contributed by atoms with E-state index in [0.29, 0.717) is 83.1 Å². The van der Waals surface area contributed by atoms with E-state index in [9.17, 15) is 9.59 Å². The molecule has 73 heavy (non-hydrogen) atoms. The molecule has 0 radical (unpaired) electrons. The number of hydrogen-bond acceptors (Lipinski definition) is 9. The van der Waals surface area contributed by atoms with Crippen molar-refractivity contribution in [2.24, 2.45) is 0 Å². The molecule has 0 fully saturated rings. The summed E-state index contributed by atoms with van der Waals surface area (Å²) in [6.07, 6.45) is -0.548. The van der Waals surface area contributed by atoms with Crippen molar-refractivity contribution in [3.63, 3.8) is 0 Å². The lowest BCUT2D eigenvalue weighted by Gasteiger charge is -2.27. The Bertz CT molecular complexity index is 2520. The van der Waals surface area contributed by atoms with Crippen molar-refractivity contribution in [3.05, 3.63) is 147 Å². The molecule has 9 rings (SSSR count). The number of nitrogens with one attached hydrogen (secondary N) is 3. The molecule has 12 heteroatoms. The highest BCUT2D eigenvalue weighted by molar-refractivity contribution is 6.01. The monoisotopic (exact) mass is 1000 g/mol. The second-order valence-electron chi connectivity index (χ2n) is 23.0. The summed E-state index contributed by atoms with van der Waals surface area (Å²) in [6, 6.07) is 32.1. The molecule has 4 aliphatic heterocycles. The van der Waals surface area contributed by atoms with Gasteiger partial charge in [-0.2, -0.15) is 0 Å². The zero-order valence-electron chi connectivity index (χ0n) is 45.6. The number of ether oxygens (including phenoxy) is 7. The fourth-order valence-electron chi connectivity index (χ4n) is 7.98. The zero-order chi connectivity index (χ0) is 52.8. The molecule has 5 aromatic carbocycles. The first-order valence-corrected chi connectivity index (χ1v) is 25.6. The molecule has 394 valence electrons. The Kier molecular flexibility index (Phi) is 19.9. The summed E-state index contributed by atoms with van der Waals surface area (Å²) in [5, 5.41) is 9.11. The van der Waals surface area contributed by atoms with Crippen molar-refractivity contribution < 1.29 is 42.7 Å². The maximum atomic E-state index is 14.1. The maximum absolute atomic E-state index is 14.1. The minimum atomic E-state index is -0.548. The second kappa shape index (κ2) is 25.6. The molecule has 0 saturated carbocycles. The lowest BCUT2D eigenvalue weighted by molar-refractivity contribution is 0.00635. The van der Waals surface area contributed by atoms with E-state index in [2.05, 4.69) is 154 Å². The summed E-state index contributed by atoms with van der Waals surface area (Å²) in [5.41, 5.74) is 12.6. The summed E-state index contributed by atoms with van der Waals surface area (Å²) >= 11 is 0. The summed E-state index contributed by atoms with van der Waals surface area (Å²) in [5.74, 6) is 0. The third-order valence-electron chi connectivity index (χ3n) is 12.6. The quantitative estimate of drug-likeness (QED) is 0.152. The number of hydrogen-bond donors (Lipinski definition) is 3. The van der Waals surface area contributed by atoms with E-state index in [1.165, 1.54) is 11.1 Å². The second-order valence-corrected chi connectivity index (χ2v) is 23.0. The van der Waals surface area contributed by atoms with Crippen LogP contribution in [-0.4, -0.2) is 65.0 Å². The highest BCUT2D eigenvalue weighted by Gasteiger charge is 2.25. The Morgan fingerprint density at radius 2 is 0.863 bits per heavy atom. The first kappa shape index (κ1) is 56.7. The van der Waals surface area contributed by atoms with Crippen molar-refractivity contribution in [1.82, 2.24) is 0 Å². The van der Waals surface area contributed by atoms with E-state index in [0.717, 1.165) is 50.1 Å². The summed E-state index contributed by atoms with van der Waals surface area (Å²) in [6.45, 7) is 31.0. The minimum absolute atomic E-state index is 0.0475. The smallest absolute Gasteiger partial charge is 0.411 e. The molecule has 4 bridgehead atoms. The molecule has 0 saturated heterocycles. The van der Waals surface area contributed by atoms with Gasteiger partial charge in [-0.15, -0.1) is 0 Å². The van der Waals surface area contributed by atoms with Gasteiger partial charge in [0.1, 0.15) is 6.61 Å². The Morgan fingerprint density at radius 1 is 0.438 bits per heavy atom. The fraction of sp³-hybridized carbons (Fsp3) is 0.475. The van der Waals surface area contributed by atoms with E-state index in [-0.39, 0.29) is 41.5 Å². The lowest BCUT2D eigenvalue weighted by Crippen LogP contribution is -2.21. The standard InChI is InChI=1S/C61H81N3O9/c1-58(2,3)47-31-46(32-48(33-47)59(4,5)6)53-29-45-30-55(54(53)41-72-28-24-68-22-26-70-38-43-15-13-42(14-16-43)37-69-25-21-67-23-27-71-39-45)64-56(65)62-51-19-17-44(18-20-51)40-73-57(66)63-52-35-49(60(7,8)9)34-50(36-52)61(10,11)12/h13-20,29-36H,21-28,37-41H2,1-12H3,(H,63,66)(H2,62,64,65). The third-order valence-corrected chi connectivity index (χ3v) is 12.6. The molecule has 4 heterocycles. The van der Waals surface area contributed by atoms with Crippen LogP contribution in [0.3, 0.4) is 0 Å². The lowest BCUT2D eigenvalue weighted by atomic mass is 9.78. The van der Waals surface area contributed by atoms with Crippen molar-refractivity contribution in [2.45, 2.75) is 138 Å². The first-order valence-electron chi connectivity index (χ1n) is 25.6. The number of anilines is 3. The predicted molar refractivity (Wildman–Crippen MR) is 293 cm³/mol. The van der Waals surface area contributed by atoms with Crippen LogP contribution in [0.5, 0.6) is 0 Å². The van der Waals surface area contributed by atoms with Gasteiger partial charge in [0.2, 0.25) is 0 Å². The number of rotatable bonds is 6. The van der Waals surface area contributed by atoms with Gasteiger partial charge in [-0.05, 0) is 114 Å². The Balaban J connectivity index is 1.21. The molecule has 0 unspecified atom stereocenters. The van der Waals surface area contributed by atoms with Crippen LogP contribution in [0.25, 0.3) is 11.1 Å². The van der Waals surface area contributed by atoms with Crippen molar-refractivity contribution in [3.8, 4) is 11.1 Å². The third kappa shape index (κ3) is 18.1. The van der Waals surface area contributed by atoms with E-state index in [1.807, 2.05) is 30.3 Å². The molecule has 5 aromatic rings. The van der Waals surface area contributed by atoms with Gasteiger partial charge in [0.15, 0.2) is 0 Å². The van der Waals surface area contributed by atoms with Gasteiger partial charge < -0.3 is 43.8 Å². The largest absolute Gasteiger partial charge is 0.444 e. The summed E-state index contributed by atoms with van der Waals surface area (Å²) in [4.78, 5) is 27.1. The zero-order valence-corrected chi connectivity index (χ0v) is 45.6. The van der Waals surface area contributed by atoms with E-state index < -0.39 is 12.1 Å². The van der Waals surface area contributed by atoms with Crippen LogP contribution in [0.2, 0.25) is 0 Å². The van der Waals surface area contributed by atoms with E-state index in [4.69, 9.17) is 33.2 Å². The van der Waals surface area contributed by atoms with Crippen LogP contribution in [0, 0.1) is 0 Å². The van der Waals surface area contributed by atoms with Gasteiger partial charge in [-0.3, -0.25) is 5.32 Å². The van der Waals surface area contributed by atoms with E-state index in [1.54, 1.807) is 12.1 Å². The first-order chi connectivity index (χ1) is 34.5. The molecular weight excluding hydrogens is 919 g/mol. The van der Waals surface area contributed by atoms with Crippen molar-refractivity contribution in [2.75, 3.05) is 68.8 Å². The molecule has 4 aliphatic rings. The van der Waals surface area contributed by atoms with Gasteiger partial charge in [0, 0.05) is 22.6 Å². The van der Waals surface area contributed by atoms with Crippen LogP contribution in [0.1, 0.15) is 133 Å². The molecule has 12 nitrogen and oxygen atoms in total. The van der Waals surface area contributed by atoms with Crippen molar-refractivity contribution >= 4 is 29.2 Å². The molecule has 0 aliphatic carbocycles. The van der Waals surface area contributed by atoms with Crippen LogP contribution < -0.4 is 16.0 Å². The Hall–Kier alpha value is -5.60. The fourth-order valence-corrected chi connectivity index (χ4v) is 7.98. The van der Waals surface area contributed by atoms with Crippen molar-refractivity contribution in [1.29, 1.82) is 0 Å². The maximum Gasteiger partial charge on any atom is 0.411 e. The van der Waals surface area contributed by atoms with E-state index >= 15 is 0 Å². The molecule has 0 spiro atoms. The Morgan fingerprint density at radius 3 is 1.33 bits per heavy atom. The number of urea groups is 1. The Labute approximate surface area is 435 Å². The van der Waals surface area contributed by atoms with Gasteiger partial charge >= 0.3 is 12.1 Å². The number of benzene rings is 5. The average molecular weight is 1000 g/mol. The van der Waals surface area contributed by atoms with Gasteiger partial charge in [0.25, 0.3) is 0 Å². The molecule has 3 amide bonds. The summed E-state index contributed by atoms with van der Waals surface area (Å²) < 4.78 is 41.8. The van der Waals surface area contributed by atoms with Gasteiger partial charge in [0.05, 0.1) is 79.3 Å². The molecule has 3 N–H and O–H groups in total. The van der Waals surface area contributed by atoms with Gasteiger partial charge in [-0.25, -0.2) is 9.59 Å².